The zero-order chi connectivity index (χ0) is 22.9. The number of rotatable bonds is 9. The summed E-state index contributed by atoms with van der Waals surface area (Å²) in [7, 11) is 0. The number of benzene rings is 3. The van der Waals surface area contributed by atoms with Crippen LogP contribution in [-0.4, -0.2) is 29.5 Å². The highest BCUT2D eigenvalue weighted by Gasteiger charge is 2.23. The van der Waals surface area contributed by atoms with Gasteiger partial charge in [-0.1, -0.05) is 72.8 Å². The van der Waals surface area contributed by atoms with Crippen molar-refractivity contribution in [2.45, 2.75) is 12.6 Å². The highest BCUT2D eigenvalue weighted by atomic mass is 32.1. The van der Waals surface area contributed by atoms with Crippen molar-refractivity contribution in [3.05, 3.63) is 96.1 Å². The van der Waals surface area contributed by atoms with Crippen molar-refractivity contribution in [2.24, 2.45) is 0 Å². The summed E-state index contributed by atoms with van der Waals surface area (Å²) in [5.74, 6) is 0.481. The van der Waals surface area contributed by atoms with E-state index >= 15 is 0 Å². The number of carbonyl (C=O) groups excluding carboxylic acids is 2. The van der Waals surface area contributed by atoms with Crippen molar-refractivity contribution in [1.82, 2.24) is 15.0 Å². The van der Waals surface area contributed by atoms with Crippen LogP contribution >= 0.6 is 11.5 Å². The van der Waals surface area contributed by atoms with E-state index in [1.165, 1.54) is 11.5 Å². The molecule has 1 atom stereocenters. The average molecular weight is 461 g/mol. The van der Waals surface area contributed by atoms with E-state index in [-0.39, 0.29) is 12.5 Å². The summed E-state index contributed by atoms with van der Waals surface area (Å²) in [5, 5.41) is 9.86. The first-order chi connectivity index (χ1) is 16.2. The number of ether oxygens (including phenoxy) is 1. The standard InChI is InChI=1S/C25H24N4O3S/c30-24(27-16-15-26-23-20-13-7-8-14-21(20)33-29-23)22(19-11-5-2-6-12-19)28-25(31)32-17-18-9-3-1-4-10-18/h1-14,22H,15-17H2,(H,26,29)(H,27,30)(H,28,31). The number of nitrogens with zero attached hydrogens (tertiary/aromatic N) is 1. The minimum absolute atomic E-state index is 0.126. The second kappa shape index (κ2) is 11.1. The predicted octanol–water partition coefficient (Wildman–Crippen LogP) is 4.49. The van der Waals surface area contributed by atoms with Gasteiger partial charge in [0.2, 0.25) is 5.91 Å². The van der Waals surface area contributed by atoms with E-state index in [1.807, 2.05) is 72.8 Å². The molecule has 0 aliphatic carbocycles. The van der Waals surface area contributed by atoms with E-state index < -0.39 is 12.1 Å². The number of hydrogen-bond donors (Lipinski definition) is 3. The minimum Gasteiger partial charge on any atom is -0.445 e. The fraction of sp³-hybridized carbons (Fsp3) is 0.160. The second-order valence-electron chi connectivity index (χ2n) is 7.29. The van der Waals surface area contributed by atoms with E-state index in [1.54, 1.807) is 12.1 Å². The second-order valence-corrected chi connectivity index (χ2v) is 8.10. The van der Waals surface area contributed by atoms with Crippen LogP contribution in [0, 0.1) is 0 Å². The van der Waals surface area contributed by atoms with Crippen LogP contribution in [0.1, 0.15) is 17.2 Å². The molecule has 3 N–H and O–H groups in total. The first-order valence-corrected chi connectivity index (χ1v) is 11.4. The molecule has 168 valence electrons. The maximum absolute atomic E-state index is 12.9. The zero-order valence-corrected chi connectivity index (χ0v) is 18.7. The third-order valence-corrected chi connectivity index (χ3v) is 5.79. The van der Waals surface area contributed by atoms with Gasteiger partial charge in [-0.3, -0.25) is 4.79 Å². The van der Waals surface area contributed by atoms with Crippen LogP contribution in [-0.2, 0) is 16.1 Å². The van der Waals surface area contributed by atoms with Crippen molar-refractivity contribution in [1.29, 1.82) is 0 Å². The maximum Gasteiger partial charge on any atom is 0.408 e. The lowest BCUT2D eigenvalue weighted by atomic mass is 10.1. The summed E-state index contributed by atoms with van der Waals surface area (Å²) < 4.78 is 10.8. The smallest absolute Gasteiger partial charge is 0.408 e. The molecule has 1 aromatic heterocycles. The summed E-state index contributed by atoms with van der Waals surface area (Å²) in [5.41, 5.74) is 1.54. The van der Waals surface area contributed by atoms with Crippen molar-refractivity contribution < 1.29 is 14.3 Å². The Bertz CT molecular complexity index is 1200. The first-order valence-electron chi connectivity index (χ1n) is 10.6. The minimum atomic E-state index is -0.866. The number of amides is 2. The third-order valence-electron chi connectivity index (χ3n) is 4.96. The van der Waals surface area contributed by atoms with Crippen LogP contribution < -0.4 is 16.0 Å². The molecule has 0 bridgehead atoms. The van der Waals surface area contributed by atoms with E-state index in [9.17, 15) is 9.59 Å². The van der Waals surface area contributed by atoms with Gasteiger partial charge in [-0.2, -0.15) is 4.37 Å². The SMILES string of the molecule is O=C(NC(C(=O)NCCNc1nsc2ccccc12)c1ccccc1)OCc1ccccc1. The monoisotopic (exact) mass is 460 g/mol. The van der Waals surface area contributed by atoms with Gasteiger partial charge in [0.1, 0.15) is 18.5 Å². The maximum atomic E-state index is 12.9. The zero-order valence-electron chi connectivity index (χ0n) is 17.9. The predicted molar refractivity (Wildman–Crippen MR) is 130 cm³/mol. The molecule has 0 saturated heterocycles. The van der Waals surface area contributed by atoms with Crippen molar-refractivity contribution in [3.8, 4) is 0 Å². The molecule has 2 amide bonds. The molecule has 0 aliphatic rings. The van der Waals surface area contributed by atoms with Crippen LogP contribution in [0.4, 0.5) is 10.6 Å². The first kappa shape index (κ1) is 22.3. The van der Waals surface area contributed by atoms with Crippen LogP contribution in [0.5, 0.6) is 0 Å². The normalized spacial score (nSPS) is 11.5. The van der Waals surface area contributed by atoms with Crippen molar-refractivity contribution >= 4 is 39.4 Å². The molecule has 0 fully saturated rings. The van der Waals surface area contributed by atoms with Crippen LogP contribution in [0.3, 0.4) is 0 Å². The topological polar surface area (TPSA) is 92.4 Å². The lowest BCUT2D eigenvalue weighted by Gasteiger charge is -2.19. The Morgan fingerprint density at radius 1 is 0.879 bits per heavy atom. The Morgan fingerprint density at radius 3 is 2.36 bits per heavy atom. The molecular formula is C25H24N4O3S. The molecule has 4 rings (SSSR count). The largest absolute Gasteiger partial charge is 0.445 e. The van der Waals surface area contributed by atoms with E-state index in [0.29, 0.717) is 18.7 Å². The molecule has 0 radical (unpaired) electrons. The van der Waals surface area contributed by atoms with Crippen molar-refractivity contribution in [3.63, 3.8) is 0 Å². The molecule has 0 spiro atoms. The molecule has 7 nitrogen and oxygen atoms in total. The van der Waals surface area contributed by atoms with Crippen LogP contribution in [0.2, 0.25) is 0 Å². The van der Waals surface area contributed by atoms with Crippen LogP contribution in [0.15, 0.2) is 84.9 Å². The molecular weight excluding hydrogens is 436 g/mol. The highest BCUT2D eigenvalue weighted by Crippen LogP contribution is 2.25. The Balaban J connectivity index is 1.32. The molecule has 1 heterocycles. The molecule has 8 heteroatoms. The van der Waals surface area contributed by atoms with Gasteiger partial charge < -0.3 is 20.7 Å². The third kappa shape index (κ3) is 6.08. The number of fused-ring (bicyclic) bond motifs is 1. The fourth-order valence-electron chi connectivity index (χ4n) is 3.31. The van der Waals surface area contributed by atoms with Gasteiger partial charge in [-0.15, -0.1) is 0 Å². The average Bonchev–Trinajstić information content (AvgIpc) is 3.28. The molecule has 3 aromatic carbocycles. The van der Waals surface area contributed by atoms with Gasteiger partial charge >= 0.3 is 6.09 Å². The Kier molecular flexibility index (Phi) is 7.50. The number of anilines is 1. The van der Waals surface area contributed by atoms with Gasteiger partial charge in [0.25, 0.3) is 0 Å². The lowest BCUT2D eigenvalue weighted by molar-refractivity contribution is -0.123. The molecule has 0 aliphatic heterocycles. The summed E-state index contributed by atoms with van der Waals surface area (Å²) >= 11 is 1.43. The lowest BCUT2D eigenvalue weighted by Crippen LogP contribution is -2.41. The number of alkyl carbamates (subject to hydrolysis) is 1. The fourth-order valence-corrected chi connectivity index (χ4v) is 4.07. The highest BCUT2D eigenvalue weighted by molar-refractivity contribution is 7.13. The summed E-state index contributed by atoms with van der Waals surface area (Å²) in [6, 6.07) is 25.6. The van der Waals surface area contributed by atoms with Gasteiger partial charge in [0.05, 0.1) is 4.70 Å². The number of nitrogens with one attached hydrogen (secondary N) is 3. The Labute approximate surface area is 196 Å². The summed E-state index contributed by atoms with van der Waals surface area (Å²) in [6.07, 6.45) is -0.657. The number of aromatic nitrogens is 1. The van der Waals surface area contributed by atoms with E-state index in [4.69, 9.17) is 4.74 Å². The summed E-state index contributed by atoms with van der Waals surface area (Å²) in [6.45, 7) is 0.996. The van der Waals surface area contributed by atoms with Gasteiger partial charge in [-0.25, -0.2) is 4.79 Å². The quantitative estimate of drug-likeness (QED) is 0.320. The van der Waals surface area contributed by atoms with E-state index in [2.05, 4.69) is 20.3 Å². The Hall–Kier alpha value is -3.91. The molecule has 33 heavy (non-hydrogen) atoms. The molecule has 0 saturated carbocycles. The number of hydrogen-bond acceptors (Lipinski definition) is 6. The van der Waals surface area contributed by atoms with E-state index in [0.717, 1.165) is 21.5 Å². The van der Waals surface area contributed by atoms with Gasteiger partial charge in [-0.05, 0) is 34.8 Å². The Morgan fingerprint density at radius 2 is 1.58 bits per heavy atom. The summed E-state index contributed by atoms with van der Waals surface area (Å²) in [4.78, 5) is 25.3. The molecule has 1 unspecified atom stereocenters. The molecule has 4 aromatic rings. The number of carbonyl (C=O) groups is 2. The van der Waals surface area contributed by atoms with Crippen LogP contribution in [0.25, 0.3) is 10.1 Å². The van der Waals surface area contributed by atoms with Crippen molar-refractivity contribution in [2.75, 3.05) is 18.4 Å². The van der Waals surface area contributed by atoms with Gasteiger partial charge in [0, 0.05) is 18.5 Å². The van der Waals surface area contributed by atoms with Gasteiger partial charge in [0.15, 0.2) is 0 Å².